The Bertz CT molecular complexity index is 372. The van der Waals surface area contributed by atoms with Gasteiger partial charge in [0.1, 0.15) is 19.5 Å². The molecular formula is C11H14ClNO4. The lowest BCUT2D eigenvalue weighted by Gasteiger charge is -2.18. The number of primary amides is 1. The monoisotopic (exact) mass is 259 g/mol. The highest BCUT2D eigenvalue weighted by Crippen LogP contribution is 2.25. The summed E-state index contributed by atoms with van der Waals surface area (Å²) >= 11 is 6.02. The van der Waals surface area contributed by atoms with Gasteiger partial charge in [-0.2, -0.15) is 0 Å². The van der Waals surface area contributed by atoms with E-state index in [0.717, 1.165) is 0 Å². The number of carbonyl (C=O) groups is 1. The topological polar surface area (TPSA) is 70.8 Å². The standard InChI is InChI=1S/C11H14ClNO4/c1-15-7-17-10(6-16-11(13)14)8-4-2-3-5-9(8)12/h2-5,10H,6-7H2,1H3,(H2,13,14). The number of halogens is 1. The van der Waals surface area contributed by atoms with Gasteiger partial charge in [-0.3, -0.25) is 0 Å². The summed E-state index contributed by atoms with van der Waals surface area (Å²) in [5.41, 5.74) is 5.62. The van der Waals surface area contributed by atoms with Crippen LogP contribution in [-0.2, 0) is 14.2 Å². The number of carbonyl (C=O) groups excluding carboxylic acids is 1. The predicted molar refractivity (Wildman–Crippen MR) is 62.7 cm³/mol. The maximum absolute atomic E-state index is 10.6. The highest BCUT2D eigenvalue weighted by atomic mass is 35.5. The molecule has 1 amide bonds. The van der Waals surface area contributed by atoms with Crippen LogP contribution >= 0.6 is 11.6 Å². The Morgan fingerprint density at radius 1 is 1.47 bits per heavy atom. The van der Waals surface area contributed by atoms with Crippen molar-refractivity contribution in [1.82, 2.24) is 0 Å². The molecule has 5 nitrogen and oxygen atoms in total. The molecule has 0 aromatic heterocycles. The molecule has 0 heterocycles. The van der Waals surface area contributed by atoms with E-state index in [1.165, 1.54) is 7.11 Å². The van der Waals surface area contributed by atoms with Gasteiger partial charge in [0.05, 0.1) is 0 Å². The van der Waals surface area contributed by atoms with Gasteiger partial charge in [-0.1, -0.05) is 29.8 Å². The number of nitrogens with two attached hydrogens (primary N) is 1. The molecule has 0 aliphatic carbocycles. The van der Waals surface area contributed by atoms with Gasteiger partial charge < -0.3 is 19.9 Å². The van der Waals surface area contributed by atoms with Gasteiger partial charge in [-0.15, -0.1) is 0 Å². The van der Waals surface area contributed by atoms with E-state index in [9.17, 15) is 4.79 Å². The molecule has 17 heavy (non-hydrogen) atoms. The first-order valence-electron chi connectivity index (χ1n) is 4.92. The van der Waals surface area contributed by atoms with Crippen LogP contribution in [-0.4, -0.2) is 26.6 Å². The van der Waals surface area contributed by atoms with Crippen LogP contribution in [0.15, 0.2) is 24.3 Å². The van der Waals surface area contributed by atoms with Gasteiger partial charge >= 0.3 is 6.09 Å². The van der Waals surface area contributed by atoms with Crippen molar-refractivity contribution in [2.45, 2.75) is 6.10 Å². The molecule has 0 radical (unpaired) electrons. The average Bonchev–Trinajstić information content (AvgIpc) is 2.30. The second-order valence-corrected chi connectivity index (χ2v) is 3.62. The third-order valence-corrected chi connectivity index (χ3v) is 2.36. The van der Waals surface area contributed by atoms with Crippen LogP contribution in [0.1, 0.15) is 11.7 Å². The van der Waals surface area contributed by atoms with E-state index in [4.69, 9.17) is 31.5 Å². The minimum atomic E-state index is -0.858. The lowest BCUT2D eigenvalue weighted by Crippen LogP contribution is -2.20. The maximum Gasteiger partial charge on any atom is 0.404 e. The number of amides is 1. The van der Waals surface area contributed by atoms with Crippen LogP contribution in [0.3, 0.4) is 0 Å². The molecule has 0 saturated carbocycles. The van der Waals surface area contributed by atoms with Crippen LogP contribution in [0, 0.1) is 0 Å². The van der Waals surface area contributed by atoms with Crippen LogP contribution < -0.4 is 5.73 Å². The predicted octanol–water partition coefficient (Wildman–Crippen LogP) is 2.10. The number of rotatable bonds is 6. The molecule has 1 rings (SSSR count). The summed E-state index contributed by atoms with van der Waals surface area (Å²) in [5, 5.41) is 0.529. The Kier molecular flexibility index (Phi) is 5.76. The van der Waals surface area contributed by atoms with Gasteiger partial charge in [0.25, 0.3) is 0 Å². The largest absolute Gasteiger partial charge is 0.447 e. The van der Waals surface area contributed by atoms with E-state index < -0.39 is 12.2 Å². The molecule has 94 valence electrons. The van der Waals surface area contributed by atoms with E-state index in [0.29, 0.717) is 10.6 Å². The zero-order chi connectivity index (χ0) is 12.7. The summed E-state index contributed by atoms with van der Waals surface area (Å²) < 4.78 is 14.9. The van der Waals surface area contributed by atoms with Gasteiger partial charge in [-0.05, 0) is 6.07 Å². The first kappa shape index (κ1) is 13.8. The molecule has 0 bridgehead atoms. The Morgan fingerprint density at radius 2 is 2.18 bits per heavy atom. The number of benzene rings is 1. The molecule has 0 fully saturated rings. The number of hydrogen-bond donors (Lipinski definition) is 1. The molecule has 1 atom stereocenters. The van der Waals surface area contributed by atoms with Crippen LogP contribution in [0.4, 0.5) is 4.79 Å². The van der Waals surface area contributed by atoms with E-state index in [1.54, 1.807) is 18.2 Å². The lowest BCUT2D eigenvalue weighted by molar-refractivity contribution is -0.0895. The molecule has 0 spiro atoms. The van der Waals surface area contributed by atoms with Crippen LogP contribution in [0.2, 0.25) is 5.02 Å². The zero-order valence-electron chi connectivity index (χ0n) is 9.39. The lowest BCUT2D eigenvalue weighted by atomic mass is 10.1. The van der Waals surface area contributed by atoms with Crippen molar-refractivity contribution in [3.05, 3.63) is 34.9 Å². The molecule has 0 aliphatic rings. The van der Waals surface area contributed by atoms with Crippen molar-refractivity contribution < 1.29 is 19.0 Å². The first-order chi connectivity index (χ1) is 8.15. The minimum absolute atomic E-state index is 0.0115. The molecule has 1 unspecified atom stereocenters. The van der Waals surface area contributed by atoms with E-state index >= 15 is 0 Å². The summed E-state index contributed by atoms with van der Waals surface area (Å²) in [6.07, 6.45) is -1.36. The zero-order valence-corrected chi connectivity index (χ0v) is 10.1. The molecule has 0 aliphatic heterocycles. The molecule has 6 heteroatoms. The number of methoxy groups -OCH3 is 1. The third-order valence-electron chi connectivity index (χ3n) is 2.02. The van der Waals surface area contributed by atoms with Crippen molar-refractivity contribution >= 4 is 17.7 Å². The smallest absolute Gasteiger partial charge is 0.404 e. The fraction of sp³-hybridized carbons (Fsp3) is 0.364. The summed E-state index contributed by atoms with van der Waals surface area (Å²) in [6, 6.07) is 7.13. The second kappa shape index (κ2) is 7.11. The van der Waals surface area contributed by atoms with Crippen molar-refractivity contribution in [2.24, 2.45) is 5.73 Å². The molecule has 2 N–H and O–H groups in total. The highest BCUT2D eigenvalue weighted by Gasteiger charge is 2.16. The van der Waals surface area contributed by atoms with E-state index in [1.807, 2.05) is 6.07 Å². The minimum Gasteiger partial charge on any atom is -0.447 e. The fourth-order valence-electron chi connectivity index (χ4n) is 1.27. The maximum atomic E-state index is 10.6. The van der Waals surface area contributed by atoms with Gasteiger partial charge in [0.15, 0.2) is 0 Å². The average molecular weight is 260 g/mol. The number of ether oxygens (including phenoxy) is 3. The van der Waals surface area contributed by atoms with Gasteiger partial charge in [-0.25, -0.2) is 4.79 Å². The summed E-state index contributed by atoms with van der Waals surface area (Å²) in [4.78, 5) is 10.6. The Hall–Kier alpha value is -1.30. The quantitative estimate of drug-likeness (QED) is 0.794. The Morgan fingerprint density at radius 3 is 2.76 bits per heavy atom. The SMILES string of the molecule is COCOC(COC(N)=O)c1ccccc1Cl. The summed E-state index contributed by atoms with van der Waals surface area (Å²) in [6.45, 7) is 0.0560. The van der Waals surface area contributed by atoms with Gasteiger partial charge in [0.2, 0.25) is 0 Å². The van der Waals surface area contributed by atoms with E-state index in [-0.39, 0.29) is 13.4 Å². The molecule has 0 saturated heterocycles. The molecular weight excluding hydrogens is 246 g/mol. The Balaban J connectivity index is 2.74. The highest BCUT2D eigenvalue weighted by molar-refractivity contribution is 6.31. The normalized spacial score (nSPS) is 12.1. The van der Waals surface area contributed by atoms with Gasteiger partial charge in [0, 0.05) is 17.7 Å². The van der Waals surface area contributed by atoms with Crippen molar-refractivity contribution in [2.75, 3.05) is 20.5 Å². The fourth-order valence-corrected chi connectivity index (χ4v) is 1.53. The molecule has 1 aromatic rings. The van der Waals surface area contributed by atoms with Crippen LogP contribution in [0.5, 0.6) is 0 Å². The first-order valence-corrected chi connectivity index (χ1v) is 5.30. The second-order valence-electron chi connectivity index (χ2n) is 3.21. The van der Waals surface area contributed by atoms with Crippen LogP contribution in [0.25, 0.3) is 0 Å². The Labute approximate surface area is 104 Å². The summed E-state index contributed by atoms with van der Waals surface area (Å²) in [5.74, 6) is 0. The van der Waals surface area contributed by atoms with Crippen molar-refractivity contribution in [3.63, 3.8) is 0 Å². The molecule has 1 aromatic carbocycles. The number of hydrogen-bond acceptors (Lipinski definition) is 4. The van der Waals surface area contributed by atoms with Crippen molar-refractivity contribution in [3.8, 4) is 0 Å². The third kappa shape index (κ3) is 4.60. The van der Waals surface area contributed by atoms with E-state index in [2.05, 4.69) is 0 Å². The van der Waals surface area contributed by atoms with Crippen molar-refractivity contribution in [1.29, 1.82) is 0 Å². The summed E-state index contributed by atoms with van der Waals surface area (Å²) in [7, 11) is 1.50.